The molecule has 3 rings (SSSR count). The van der Waals surface area contributed by atoms with Gasteiger partial charge in [-0.05, 0) is 38.1 Å². The Kier molecular flexibility index (Phi) is 3.99. The summed E-state index contributed by atoms with van der Waals surface area (Å²) in [4.78, 5) is 12.3. The summed E-state index contributed by atoms with van der Waals surface area (Å²) in [5.74, 6) is 0.182. The molecule has 1 aliphatic rings. The van der Waals surface area contributed by atoms with Gasteiger partial charge in [-0.15, -0.1) is 0 Å². The second-order valence-corrected chi connectivity index (χ2v) is 5.63. The van der Waals surface area contributed by atoms with Gasteiger partial charge in [-0.25, -0.2) is 0 Å². The molecule has 0 fully saturated rings. The zero-order valence-electron chi connectivity index (χ0n) is 11.8. The molecule has 0 saturated carbocycles. The first-order valence-electron chi connectivity index (χ1n) is 7.00. The summed E-state index contributed by atoms with van der Waals surface area (Å²) >= 11 is 5.99. The molecule has 0 bridgehead atoms. The molecule has 0 radical (unpaired) electrons. The molecule has 2 N–H and O–H groups in total. The number of benzene rings is 1. The lowest BCUT2D eigenvalue weighted by Crippen LogP contribution is -2.29. The van der Waals surface area contributed by atoms with E-state index in [4.69, 9.17) is 16.0 Å². The average molecular weight is 305 g/mol. The average Bonchev–Trinajstić information content (AvgIpc) is 2.83. The van der Waals surface area contributed by atoms with Crippen LogP contribution in [0.3, 0.4) is 0 Å². The number of carbonyl (C=O) groups is 1. The molecule has 0 atom stereocenters. The Morgan fingerprint density at radius 3 is 3.10 bits per heavy atom. The molecule has 110 valence electrons. The van der Waals surface area contributed by atoms with E-state index in [9.17, 15) is 4.79 Å². The van der Waals surface area contributed by atoms with Gasteiger partial charge in [-0.3, -0.25) is 4.79 Å². The third kappa shape index (κ3) is 2.96. The van der Waals surface area contributed by atoms with Crippen LogP contribution in [0.5, 0.6) is 0 Å². The highest BCUT2D eigenvalue weighted by atomic mass is 35.5. The van der Waals surface area contributed by atoms with Gasteiger partial charge < -0.3 is 15.1 Å². The van der Waals surface area contributed by atoms with E-state index in [1.165, 1.54) is 5.57 Å². The zero-order chi connectivity index (χ0) is 14.8. The molecular weight excluding hydrogens is 288 g/mol. The maximum absolute atomic E-state index is 12.3. The molecule has 1 aromatic heterocycles. The van der Waals surface area contributed by atoms with Crippen molar-refractivity contribution < 1.29 is 9.21 Å². The monoisotopic (exact) mass is 304 g/mol. The Labute approximate surface area is 128 Å². The van der Waals surface area contributed by atoms with E-state index in [1.807, 2.05) is 13.0 Å². The van der Waals surface area contributed by atoms with Gasteiger partial charge in [-0.2, -0.15) is 0 Å². The van der Waals surface area contributed by atoms with Gasteiger partial charge in [0, 0.05) is 29.1 Å². The standard InChI is InChI=1S/C16H17ClN2O2/c1-10-13-8-12(17)2-3-14(13)21-15(10)16(20)19-9-11-4-6-18-7-5-11/h2-4,8,18H,5-7,9H2,1H3,(H,19,20). The lowest BCUT2D eigenvalue weighted by Gasteiger charge is -2.14. The van der Waals surface area contributed by atoms with E-state index in [1.54, 1.807) is 12.1 Å². The summed E-state index contributed by atoms with van der Waals surface area (Å²) in [6, 6.07) is 5.37. The van der Waals surface area contributed by atoms with Gasteiger partial charge in [0.25, 0.3) is 5.91 Å². The Bertz CT molecular complexity index is 718. The first-order valence-corrected chi connectivity index (χ1v) is 7.38. The minimum atomic E-state index is -0.181. The highest BCUT2D eigenvalue weighted by molar-refractivity contribution is 6.31. The fourth-order valence-corrected chi connectivity index (χ4v) is 2.69. The van der Waals surface area contributed by atoms with Crippen LogP contribution in [0, 0.1) is 6.92 Å². The van der Waals surface area contributed by atoms with Crippen molar-refractivity contribution in [1.29, 1.82) is 0 Å². The third-order valence-electron chi connectivity index (χ3n) is 3.74. The lowest BCUT2D eigenvalue weighted by atomic mass is 10.1. The summed E-state index contributed by atoms with van der Waals surface area (Å²) in [6.07, 6.45) is 3.09. The number of furan rings is 1. The molecule has 21 heavy (non-hydrogen) atoms. The van der Waals surface area contributed by atoms with Gasteiger partial charge >= 0.3 is 0 Å². The molecule has 0 saturated heterocycles. The predicted octanol–water partition coefficient (Wildman–Crippen LogP) is 3.04. The normalized spacial score (nSPS) is 15.0. The fourth-order valence-electron chi connectivity index (χ4n) is 2.51. The van der Waals surface area contributed by atoms with Crippen LogP contribution >= 0.6 is 11.6 Å². The van der Waals surface area contributed by atoms with Crippen molar-refractivity contribution in [2.75, 3.05) is 19.6 Å². The number of rotatable bonds is 3. The van der Waals surface area contributed by atoms with E-state index >= 15 is 0 Å². The van der Waals surface area contributed by atoms with Crippen LogP contribution in [0.15, 0.2) is 34.3 Å². The minimum absolute atomic E-state index is 0.181. The van der Waals surface area contributed by atoms with E-state index in [0.717, 1.165) is 30.5 Å². The van der Waals surface area contributed by atoms with E-state index < -0.39 is 0 Å². The molecule has 0 spiro atoms. The number of nitrogens with one attached hydrogen (secondary N) is 2. The molecule has 0 unspecified atom stereocenters. The third-order valence-corrected chi connectivity index (χ3v) is 3.97. The van der Waals surface area contributed by atoms with Gasteiger partial charge in [0.15, 0.2) is 5.76 Å². The number of amides is 1. The Morgan fingerprint density at radius 2 is 2.33 bits per heavy atom. The van der Waals surface area contributed by atoms with Crippen molar-refractivity contribution >= 4 is 28.5 Å². The Balaban J connectivity index is 1.78. The van der Waals surface area contributed by atoms with E-state index in [2.05, 4.69) is 16.7 Å². The Morgan fingerprint density at radius 1 is 1.48 bits per heavy atom. The maximum atomic E-state index is 12.3. The molecule has 4 nitrogen and oxygen atoms in total. The summed E-state index contributed by atoms with van der Waals surface area (Å²) in [7, 11) is 0. The smallest absolute Gasteiger partial charge is 0.287 e. The topological polar surface area (TPSA) is 54.3 Å². The van der Waals surface area contributed by atoms with Crippen molar-refractivity contribution in [2.24, 2.45) is 0 Å². The largest absolute Gasteiger partial charge is 0.451 e. The second kappa shape index (κ2) is 5.92. The molecule has 1 amide bonds. The molecule has 2 aromatic rings. The molecule has 2 heterocycles. The van der Waals surface area contributed by atoms with Gasteiger partial charge in [0.1, 0.15) is 5.58 Å². The molecule has 5 heteroatoms. The SMILES string of the molecule is Cc1c(C(=O)NCC2=CCNCC2)oc2ccc(Cl)cc12. The molecule has 0 aliphatic carbocycles. The number of hydrogen-bond acceptors (Lipinski definition) is 3. The first kappa shape index (κ1) is 14.2. The number of halogens is 1. The van der Waals surface area contributed by atoms with Crippen molar-refractivity contribution in [1.82, 2.24) is 10.6 Å². The van der Waals surface area contributed by atoms with Crippen LogP contribution < -0.4 is 10.6 Å². The van der Waals surface area contributed by atoms with E-state index in [0.29, 0.717) is 22.9 Å². The quantitative estimate of drug-likeness (QED) is 0.857. The summed E-state index contributed by atoms with van der Waals surface area (Å²) < 4.78 is 5.65. The second-order valence-electron chi connectivity index (χ2n) is 5.20. The fraction of sp³-hybridized carbons (Fsp3) is 0.312. The van der Waals surface area contributed by atoms with Crippen molar-refractivity contribution in [2.45, 2.75) is 13.3 Å². The number of aryl methyl sites for hydroxylation is 1. The molecule has 1 aromatic carbocycles. The zero-order valence-corrected chi connectivity index (χ0v) is 12.6. The first-order chi connectivity index (χ1) is 10.1. The summed E-state index contributed by atoms with van der Waals surface area (Å²) in [5.41, 5.74) is 2.76. The molecule has 1 aliphatic heterocycles. The highest BCUT2D eigenvalue weighted by Gasteiger charge is 2.18. The van der Waals surface area contributed by atoms with Crippen LogP contribution in [-0.4, -0.2) is 25.5 Å². The van der Waals surface area contributed by atoms with E-state index in [-0.39, 0.29) is 5.91 Å². The summed E-state index contributed by atoms with van der Waals surface area (Å²) in [6.45, 7) is 4.27. The minimum Gasteiger partial charge on any atom is -0.451 e. The number of hydrogen-bond donors (Lipinski definition) is 2. The van der Waals surface area contributed by atoms with Gasteiger partial charge in [-0.1, -0.05) is 23.3 Å². The lowest BCUT2D eigenvalue weighted by molar-refractivity contribution is 0.0930. The van der Waals surface area contributed by atoms with Crippen LogP contribution in [0.2, 0.25) is 5.02 Å². The number of fused-ring (bicyclic) bond motifs is 1. The van der Waals surface area contributed by atoms with Crippen LogP contribution in [0.25, 0.3) is 11.0 Å². The van der Waals surface area contributed by atoms with Crippen LogP contribution in [0.4, 0.5) is 0 Å². The maximum Gasteiger partial charge on any atom is 0.287 e. The van der Waals surface area contributed by atoms with Crippen molar-refractivity contribution in [3.63, 3.8) is 0 Å². The summed E-state index contributed by atoms with van der Waals surface area (Å²) in [5, 5.41) is 7.69. The van der Waals surface area contributed by atoms with Crippen molar-refractivity contribution in [3.8, 4) is 0 Å². The number of carbonyl (C=O) groups excluding carboxylic acids is 1. The van der Waals surface area contributed by atoms with Gasteiger partial charge in [0.2, 0.25) is 0 Å². The Hall–Kier alpha value is -1.78. The van der Waals surface area contributed by atoms with Crippen molar-refractivity contribution in [3.05, 3.63) is 46.2 Å². The predicted molar refractivity (Wildman–Crippen MR) is 83.9 cm³/mol. The van der Waals surface area contributed by atoms with Gasteiger partial charge in [0.05, 0.1) is 0 Å². The van der Waals surface area contributed by atoms with Crippen LogP contribution in [0.1, 0.15) is 22.5 Å². The molecular formula is C16H17ClN2O2. The highest BCUT2D eigenvalue weighted by Crippen LogP contribution is 2.27. The van der Waals surface area contributed by atoms with Crippen LogP contribution in [-0.2, 0) is 0 Å².